The van der Waals surface area contributed by atoms with Gasteiger partial charge in [-0.1, -0.05) is 13.3 Å². The monoisotopic (exact) mass is 322 g/mol. The van der Waals surface area contributed by atoms with E-state index in [-0.39, 0.29) is 13.6 Å². The molecule has 1 N–H and O–H groups in total. The van der Waals surface area contributed by atoms with E-state index in [1.165, 1.54) is 0 Å². The van der Waals surface area contributed by atoms with E-state index in [9.17, 15) is 0 Å². The van der Waals surface area contributed by atoms with Gasteiger partial charge in [-0.05, 0) is 20.5 Å². The number of hydrogen-bond donors (Lipinski definition) is 1. The summed E-state index contributed by atoms with van der Waals surface area (Å²) in [6.45, 7) is 12.1. The molecule has 7 heteroatoms. The molecule has 0 aromatic rings. The van der Waals surface area contributed by atoms with Gasteiger partial charge < -0.3 is 23.7 Å². The minimum absolute atomic E-state index is 0.217. The number of rotatable bonds is 16. The lowest BCUT2D eigenvalue weighted by atomic mass is 10.4. The largest absolute Gasteiger partial charge is 0.355 e. The molecule has 7 nitrogen and oxygen atoms in total. The Morgan fingerprint density at radius 3 is 2.23 bits per heavy atom. The highest BCUT2D eigenvalue weighted by Gasteiger charge is 1.98. The summed E-state index contributed by atoms with van der Waals surface area (Å²) in [5.74, 6) is 0. The SMILES string of the molecule is C=C.CCCCOCOCCN(C)COCOCOCNC. The molecule has 0 aliphatic heterocycles. The van der Waals surface area contributed by atoms with E-state index in [2.05, 4.69) is 25.4 Å². The number of unbranched alkanes of at least 4 members (excludes halogenated alkanes) is 1. The van der Waals surface area contributed by atoms with Crippen molar-refractivity contribution >= 4 is 0 Å². The Labute approximate surface area is 135 Å². The van der Waals surface area contributed by atoms with Crippen LogP contribution in [0.5, 0.6) is 0 Å². The molecule has 0 radical (unpaired) electrons. The Balaban J connectivity index is 0. The number of ether oxygens (including phenoxy) is 5. The number of likely N-dealkylation sites (N-methyl/N-ethyl adjacent to an activating group) is 1. The molecule has 134 valence electrons. The summed E-state index contributed by atoms with van der Waals surface area (Å²) >= 11 is 0. The molecule has 0 aromatic carbocycles. The highest BCUT2D eigenvalue weighted by atomic mass is 16.7. The predicted molar refractivity (Wildman–Crippen MR) is 87.3 cm³/mol. The minimum Gasteiger partial charge on any atom is -0.355 e. The zero-order valence-corrected chi connectivity index (χ0v) is 14.5. The molecular weight excluding hydrogens is 288 g/mol. The second-order valence-electron chi connectivity index (χ2n) is 4.34. The molecule has 0 atom stereocenters. The lowest BCUT2D eigenvalue weighted by Gasteiger charge is -2.16. The summed E-state index contributed by atoms with van der Waals surface area (Å²) in [6, 6.07) is 0. The molecule has 0 aliphatic rings. The zero-order chi connectivity index (χ0) is 16.9. The van der Waals surface area contributed by atoms with Gasteiger partial charge in [0.25, 0.3) is 0 Å². The van der Waals surface area contributed by atoms with Crippen molar-refractivity contribution in [2.45, 2.75) is 19.8 Å². The lowest BCUT2D eigenvalue weighted by Crippen LogP contribution is -2.27. The topological polar surface area (TPSA) is 61.4 Å². The third kappa shape index (κ3) is 21.8. The van der Waals surface area contributed by atoms with Gasteiger partial charge in [0.05, 0.1) is 13.3 Å². The van der Waals surface area contributed by atoms with E-state index in [1.807, 2.05) is 19.0 Å². The maximum absolute atomic E-state index is 5.34. The first-order valence-corrected chi connectivity index (χ1v) is 7.53. The summed E-state index contributed by atoms with van der Waals surface area (Å²) in [6.07, 6.45) is 2.22. The summed E-state index contributed by atoms with van der Waals surface area (Å²) in [7, 11) is 3.77. The summed E-state index contributed by atoms with van der Waals surface area (Å²) in [5.41, 5.74) is 0. The quantitative estimate of drug-likeness (QED) is 0.263. The standard InChI is InChI=1S/C13H30N2O5.C2H4/c1-4-5-7-16-11-17-8-6-15(3)10-19-13-20-12-18-9-14-2;1-2/h14H,4-13H2,1-3H3;1-2H2. The van der Waals surface area contributed by atoms with E-state index < -0.39 is 0 Å². The fraction of sp³-hybridized carbons (Fsp3) is 0.867. The van der Waals surface area contributed by atoms with Gasteiger partial charge in [0.1, 0.15) is 13.5 Å². The van der Waals surface area contributed by atoms with E-state index >= 15 is 0 Å². The molecule has 0 heterocycles. The Morgan fingerprint density at radius 1 is 0.909 bits per heavy atom. The summed E-state index contributed by atoms with van der Waals surface area (Å²) < 4.78 is 26.1. The van der Waals surface area contributed by atoms with Crippen LogP contribution < -0.4 is 5.32 Å². The van der Waals surface area contributed by atoms with Crippen LogP contribution in [0.4, 0.5) is 0 Å². The highest BCUT2D eigenvalue weighted by Crippen LogP contribution is 1.90. The van der Waals surface area contributed by atoms with Crippen molar-refractivity contribution in [2.24, 2.45) is 0 Å². The Kier molecular flexibility index (Phi) is 24.5. The van der Waals surface area contributed by atoms with E-state index in [0.717, 1.165) is 26.0 Å². The van der Waals surface area contributed by atoms with Crippen LogP contribution in [0.25, 0.3) is 0 Å². The average molecular weight is 322 g/mol. The molecule has 0 fully saturated rings. The smallest absolute Gasteiger partial charge is 0.151 e. The van der Waals surface area contributed by atoms with Crippen molar-refractivity contribution in [3.05, 3.63) is 13.2 Å². The van der Waals surface area contributed by atoms with Crippen LogP contribution in [0.3, 0.4) is 0 Å². The molecule has 0 saturated carbocycles. The van der Waals surface area contributed by atoms with Crippen LogP contribution in [0, 0.1) is 0 Å². The van der Waals surface area contributed by atoms with Gasteiger partial charge in [0.2, 0.25) is 0 Å². The number of nitrogens with one attached hydrogen (secondary N) is 1. The molecule has 22 heavy (non-hydrogen) atoms. The van der Waals surface area contributed by atoms with Crippen molar-refractivity contribution < 1.29 is 23.7 Å². The van der Waals surface area contributed by atoms with E-state index in [4.69, 9.17) is 23.7 Å². The van der Waals surface area contributed by atoms with Crippen LogP contribution in [-0.4, -0.2) is 72.6 Å². The maximum Gasteiger partial charge on any atom is 0.151 e. The van der Waals surface area contributed by atoms with Crippen LogP contribution in [0.1, 0.15) is 19.8 Å². The molecule has 0 amide bonds. The average Bonchev–Trinajstić information content (AvgIpc) is 2.55. The third-order valence-corrected chi connectivity index (χ3v) is 2.32. The van der Waals surface area contributed by atoms with Crippen molar-refractivity contribution in [1.82, 2.24) is 10.2 Å². The molecule has 0 aromatic heterocycles. The normalized spacial score (nSPS) is 10.5. The van der Waals surface area contributed by atoms with Crippen molar-refractivity contribution in [2.75, 3.05) is 67.7 Å². The summed E-state index contributed by atoms with van der Waals surface area (Å²) in [5, 5.41) is 2.85. The van der Waals surface area contributed by atoms with Crippen LogP contribution in [-0.2, 0) is 23.7 Å². The molecule has 0 bridgehead atoms. The second-order valence-corrected chi connectivity index (χ2v) is 4.34. The first-order valence-electron chi connectivity index (χ1n) is 7.53. The van der Waals surface area contributed by atoms with Gasteiger partial charge in [0, 0.05) is 13.2 Å². The molecule has 0 unspecified atom stereocenters. The molecule has 0 rings (SSSR count). The van der Waals surface area contributed by atoms with Gasteiger partial charge in [-0.2, -0.15) is 0 Å². The van der Waals surface area contributed by atoms with Gasteiger partial charge in [-0.15, -0.1) is 13.2 Å². The molecule has 0 aliphatic carbocycles. The van der Waals surface area contributed by atoms with Gasteiger partial charge in [-0.25, -0.2) is 0 Å². The Hall–Kier alpha value is -0.540. The van der Waals surface area contributed by atoms with Crippen molar-refractivity contribution in [3.8, 4) is 0 Å². The molecule has 0 saturated heterocycles. The van der Waals surface area contributed by atoms with Crippen molar-refractivity contribution in [3.63, 3.8) is 0 Å². The predicted octanol–water partition coefficient (Wildman–Crippen LogP) is 1.61. The number of hydrogen-bond acceptors (Lipinski definition) is 7. The fourth-order valence-corrected chi connectivity index (χ4v) is 1.20. The molecular formula is C15H34N2O5. The lowest BCUT2D eigenvalue weighted by molar-refractivity contribution is -0.148. The van der Waals surface area contributed by atoms with Gasteiger partial charge in [-0.3, -0.25) is 10.2 Å². The van der Waals surface area contributed by atoms with Crippen molar-refractivity contribution in [1.29, 1.82) is 0 Å². The summed E-state index contributed by atoms with van der Waals surface area (Å²) in [4.78, 5) is 2.00. The van der Waals surface area contributed by atoms with E-state index in [0.29, 0.717) is 26.9 Å². The zero-order valence-electron chi connectivity index (χ0n) is 14.5. The van der Waals surface area contributed by atoms with Gasteiger partial charge >= 0.3 is 0 Å². The van der Waals surface area contributed by atoms with Crippen LogP contribution in [0.2, 0.25) is 0 Å². The first kappa shape index (κ1) is 23.7. The third-order valence-electron chi connectivity index (χ3n) is 2.32. The Bertz CT molecular complexity index is 181. The van der Waals surface area contributed by atoms with E-state index in [1.54, 1.807) is 0 Å². The van der Waals surface area contributed by atoms with Crippen LogP contribution in [0.15, 0.2) is 13.2 Å². The maximum atomic E-state index is 5.34. The van der Waals surface area contributed by atoms with Gasteiger partial charge in [0.15, 0.2) is 13.6 Å². The Morgan fingerprint density at radius 2 is 1.55 bits per heavy atom. The fourth-order valence-electron chi connectivity index (χ4n) is 1.20. The minimum atomic E-state index is 0.217. The first-order chi connectivity index (χ1) is 10.8. The number of nitrogens with zero attached hydrogens (tertiary/aromatic N) is 1. The molecule has 0 spiro atoms. The highest BCUT2D eigenvalue weighted by molar-refractivity contribution is 4.41. The van der Waals surface area contributed by atoms with Crippen LogP contribution >= 0.6 is 0 Å². The second kappa shape index (κ2) is 22.7.